The van der Waals surface area contributed by atoms with Crippen LogP contribution in [0.15, 0.2) is 12.7 Å². The second-order valence-electron chi connectivity index (χ2n) is 4.17. The van der Waals surface area contributed by atoms with Crippen LogP contribution < -0.4 is 5.32 Å². The Labute approximate surface area is 95.7 Å². The van der Waals surface area contributed by atoms with E-state index < -0.39 is 0 Å². The van der Waals surface area contributed by atoms with Gasteiger partial charge in [0.15, 0.2) is 0 Å². The van der Waals surface area contributed by atoms with Gasteiger partial charge < -0.3 is 5.32 Å². The number of nitrogens with one attached hydrogen (secondary N) is 1. The summed E-state index contributed by atoms with van der Waals surface area (Å²) in [7, 11) is 0. The van der Waals surface area contributed by atoms with Crippen molar-refractivity contribution in [3.63, 3.8) is 0 Å². The molecule has 90 valence electrons. The number of nitrogens with zero attached hydrogens (tertiary/aromatic N) is 1. The largest absolute Gasteiger partial charge is 0.317 e. The Hall–Kier alpha value is -0.340. The lowest BCUT2D eigenvalue weighted by atomic mass is 10.2. The zero-order chi connectivity index (χ0) is 11.5. The standard InChI is InChI=1S/C13H28N2/c1-5-9-14-10-8-13(4)15(11-6-2)12-7-3/h6,13-14H,2,5,7-12H2,1,3-4H3. The molecule has 0 saturated heterocycles. The van der Waals surface area contributed by atoms with Gasteiger partial charge in [0.25, 0.3) is 0 Å². The smallest absolute Gasteiger partial charge is 0.0163 e. The lowest BCUT2D eigenvalue weighted by Crippen LogP contribution is -2.36. The van der Waals surface area contributed by atoms with Crippen LogP contribution in [0.4, 0.5) is 0 Å². The molecule has 0 spiro atoms. The molecule has 2 nitrogen and oxygen atoms in total. The van der Waals surface area contributed by atoms with E-state index in [9.17, 15) is 0 Å². The van der Waals surface area contributed by atoms with E-state index in [-0.39, 0.29) is 0 Å². The van der Waals surface area contributed by atoms with Crippen molar-refractivity contribution in [3.8, 4) is 0 Å². The molecular weight excluding hydrogens is 184 g/mol. The fourth-order valence-electron chi connectivity index (χ4n) is 1.74. The van der Waals surface area contributed by atoms with Crippen molar-refractivity contribution in [2.24, 2.45) is 0 Å². The van der Waals surface area contributed by atoms with E-state index >= 15 is 0 Å². The van der Waals surface area contributed by atoms with Crippen LogP contribution >= 0.6 is 0 Å². The average Bonchev–Trinajstić information content (AvgIpc) is 2.24. The Balaban J connectivity index is 3.69. The molecule has 0 aromatic carbocycles. The average molecular weight is 212 g/mol. The zero-order valence-corrected chi connectivity index (χ0v) is 10.8. The highest BCUT2D eigenvalue weighted by molar-refractivity contribution is 4.77. The minimum absolute atomic E-state index is 0.660. The molecule has 0 radical (unpaired) electrons. The minimum Gasteiger partial charge on any atom is -0.317 e. The third-order valence-electron chi connectivity index (χ3n) is 2.66. The van der Waals surface area contributed by atoms with Crippen molar-refractivity contribution in [1.29, 1.82) is 0 Å². The first kappa shape index (κ1) is 14.7. The van der Waals surface area contributed by atoms with Crippen LogP contribution in [0, 0.1) is 0 Å². The van der Waals surface area contributed by atoms with Crippen molar-refractivity contribution in [2.45, 2.75) is 46.1 Å². The van der Waals surface area contributed by atoms with E-state index in [0.29, 0.717) is 6.04 Å². The summed E-state index contributed by atoms with van der Waals surface area (Å²) in [5, 5.41) is 3.45. The van der Waals surface area contributed by atoms with Gasteiger partial charge in [0.05, 0.1) is 0 Å². The molecule has 1 N–H and O–H groups in total. The minimum atomic E-state index is 0.660. The van der Waals surface area contributed by atoms with Gasteiger partial charge in [0, 0.05) is 12.6 Å². The number of hydrogen-bond donors (Lipinski definition) is 1. The number of rotatable bonds is 10. The Morgan fingerprint density at radius 2 is 2.00 bits per heavy atom. The first-order chi connectivity index (χ1) is 7.26. The van der Waals surface area contributed by atoms with Crippen molar-refractivity contribution >= 4 is 0 Å². The molecule has 0 aliphatic carbocycles. The molecule has 0 saturated carbocycles. The quantitative estimate of drug-likeness (QED) is 0.442. The van der Waals surface area contributed by atoms with Crippen LogP contribution in [0.3, 0.4) is 0 Å². The molecule has 0 amide bonds. The lowest BCUT2D eigenvalue weighted by molar-refractivity contribution is 0.220. The Morgan fingerprint density at radius 3 is 2.53 bits per heavy atom. The highest BCUT2D eigenvalue weighted by Gasteiger charge is 2.10. The molecule has 0 aromatic heterocycles. The molecule has 0 aliphatic heterocycles. The summed E-state index contributed by atoms with van der Waals surface area (Å²) < 4.78 is 0. The third-order valence-corrected chi connectivity index (χ3v) is 2.66. The highest BCUT2D eigenvalue weighted by atomic mass is 15.1. The summed E-state index contributed by atoms with van der Waals surface area (Å²) in [5.74, 6) is 0. The number of hydrogen-bond acceptors (Lipinski definition) is 2. The van der Waals surface area contributed by atoms with Gasteiger partial charge in [-0.3, -0.25) is 4.90 Å². The summed E-state index contributed by atoms with van der Waals surface area (Å²) in [6, 6.07) is 0.660. The molecule has 0 fully saturated rings. The Bertz CT molecular complexity index is 145. The molecule has 2 heteroatoms. The lowest BCUT2D eigenvalue weighted by Gasteiger charge is -2.27. The van der Waals surface area contributed by atoms with Gasteiger partial charge in [-0.15, -0.1) is 6.58 Å². The predicted octanol–water partition coefficient (Wildman–Crippen LogP) is 2.66. The molecular formula is C13H28N2. The van der Waals surface area contributed by atoms with Crippen molar-refractivity contribution < 1.29 is 0 Å². The van der Waals surface area contributed by atoms with Crippen LogP contribution in [0.25, 0.3) is 0 Å². The molecule has 0 aromatic rings. The zero-order valence-electron chi connectivity index (χ0n) is 10.8. The normalized spacial score (nSPS) is 13.1. The monoisotopic (exact) mass is 212 g/mol. The maximum absolute atomic E-state index is 3.82. The fraction of sp³-hybridized carbons (Fsp3) is 0.846. The topological polar surface area (TPSA) is 15.3 Å². The van der Waals surface area contributed by atoms with E-state index in [4.69, 9.17) is 0 Å². The maximum atomic E-state index is 3.82. The van der Waals surface area contributed by atoms with Crippen molar-refractivity contribution in [1.82, 2.24) is 10.2 Å². The maximum Gasteiger partial charge on any atom is 0.0163 e. The van der Waals surface area contributed by atoms with Crippen molar-refractivity contribution in [2.75, 3.05) is 26.2 Å². The summed E-state index contributed by atoms with van der Waals surface area (Å²) in [6.45, 7) is 15.0. The third kappa shape index (κ3) is 7.57. The van der Waals surface area contributed by atoms with E-state index in [2.05, 4.69) is 37.6 Å². The molecule has 0 heterocycles. The second-order valence-corrected chi connectivity index (χ2v) is 4.17. The van der Waals surface area contributed by atoms with E-state index in [1.807, 2.05) is 6.08 Å². The van der Waals surface area contributed by atoms with E-state index in [1.54, 1.807) is 0 Å². The first-order valence-corrected chi connectivity index (χ1v) is 6.31. The van der Waals surface area contributed by atoms with Gasteiger partial charge >= 0.3 is 0 Å². The molecule has 0 rings (SSSR count). The van der Waals surface area contributed by atoms with Crippen molar-refractivity contribution in [3.05, 3.63) is 12.7 Å². The van der Waals surface area contributed by atoms with E-state index in [1.165, 1.54) is 25.8 Å². The van der Waals surface area contributed by atoms with Crippen LogP contribution in [0.1, 0.15) is 40.0 Å². The van der Waals surface area contributed by atoms with Gasteiger partial charge in [-0.05, 0) is 45.8 Å². The van der Waals surface area contributed by atoms with Gasteiger partial charge in [0.2, 0.25) is 0 Å². The summed E-state index contributed by atoms with van der Waals surface area (Å²) in [5.41, 5.74) is 0. The highest BCUT2D eigenvalue weighted by Crippen LogP contribution is 2.04. The summed E-state index contributed by atoms with van der Waals surface area (Å²) in [6.07, 6.45) is 5.68. The molecule has 1 atom stereocenters. The second kappa shape index (κ2) is 10.2. The summed E-state index contributed by atoms with van der Waals surface area (Å²) >= 11 is 0. The summed E-state index contributed by atoms with van der Waals surface area (Å²) in [4.78, 5) is 2.50. The van der Waals surface area contributed by atoms with Crippen LogP contribution in [0.5, 0.6) is 0 Å². The first-order valence-electron chi connectivity index (χ1n) is 6.31. The van der Waals surface area contributed by atoms with Gasteiger partial charge in [-0.1, -0.05) is 19.9 Å². The Kier molecular flexibility index (Phi) is 9.96. The Morgan fingerprint density at radius 1 is 1.27 bits per heavy atom. The SMILES string of the molecule is C=CCN(CCC)C(C)CCNCCC. The van der Waals surface area contributed by atoms with Crippen LogP contribution in [-0.4, -0.2) is 37.1 Å². The van der Waals surface area contributed by atoms with Crippen LogP contribution in [-0.2, 0) is 0 Å². The van der Waals surface area contributed by atoms with Crippen LogP contribution in [0.2, 0.25) is 0 Å². The fourth-order valence-corrected chi connectivity index (χ4v) is 1.74. The van der Waals surface area contributed by atoms with Gasteiger partial charge in [-0.25, -0.2) is 0 Å². The molecule has 15 heavy (non-hydrogen) atoms. The molecule has 1 unspecified atom stereocenters. The predicted molar refractivity (Wildman–Crippen MR) is 69.3 cm³/mol. The van der Waals surface area contributed by atoms with E-state index in [0.717, 1.165) is 19.6 Å². The van der Waals surface area contributed by atoms with Gasteiger partial charge in [0.1, 0.15) is 0 Å². The molecule has 0 aliphatic rings. The van der Waals surface area contributed by atoms with Gasteiger partial charge in [-0.2, -0.15) is 0 Å². The molecule has 0 bridgehead atoms.